The normalized spacial score (nSPS) is 12.2. The van der Waals surface area contributed by atoms with Gasteiger partial charge in [-0.1, -0.05) is 18.5 Å². The topological polar surface area (TPSA) is 84.1 Å². The van der Waals surface area contributed by atoms with Crippen LogP contribution >= 0.6 is 11.6 Å². The van der Waals surface area contributed by atoms with Gasteiger partial charge in [0, 0.05) is 17.6 Å². The molecule has 0 aliphatic carbocycles. The van der Waals surface area contributed by atoms with Crippen LogP contribution in [-0.4, -0.2) is 27.7 Å². The molecule has 0 aliphatic rings. The van der Waals surface area contributed by atoms with Crippen LogP contribution in [0.25, 0.3) is 11.4 Å². The van der Waals surface area contributed by atoms with Crippen LogP contribution in [0.3, 0.4) is 0 Å². The van der Waals surface area contributed by atoms with E-state index in [-0.39, 0.29) is 23.4 Å². The third-order valence-corrected chi connectivity index (χ3v) is 3.23. The van der Waals surface area contributed by atoms with Crippen molar-refractivity contribution in [3.8, 4) is 17.1 Å². The Labute approximate surface area is 127 Å². The van der Waals surface area contributed by atoms with E-state index in [0.29, 0.717) is 17.1 Å². The largest absolute Gasteiger partial charge is 0.507 e. The van der Waals surface area contributed by atoms with Crippen molar-refractivity contribution in [2.45, 2.75) is 19.4 Å². The van der Waals surface area contributed by atoms with Gasteiger partial charge in [-0.05, 0) is 24.6 Å². The molecule has 21 heavy (non-hydrogen) atoms. The number of nitrogens with one attached hydrogen (secondary N) is 1. The number of aromatic hydroxyl groups is 1. The van der Waals surface area contributed by atoms with Gasteiger partial charge in [-0.15, -0.1) is 0 Å². The summed E-state index contributed by atoms with van der Waals surface area (Å²) >= 11 is 5.89. The standard InChI is InChI=1S/C14H16ClFN4O/c1-2-9(17)6-18-14-11(16)7-19-13(20-14)10-5-8(15)3-4-12(10)21/h3-5,7,9,21H,2,6,17H2,1H3,(H,18,19,20)/t9-/m0/s1. The number of nitrogens with zero attached hydrogens (tertiary/aromatic N) is 2. The number of anilines is 1. The highest BCUT2D eigenvalue weighted by molar-refractivity contribution is 6.30. The summed E-state index contributed by atoms with van der Waals surface area (Å²) in [6, 6.07) is 4.40. The number of aromatic nitrogens is 2. The summed E-state index contributed by atoms with van der Waals surface area (Å²) in [7, 11) is 0. The lowest BCUT2D eigenvalue weighted by molar-refractivity contribution is 0.477. The minimum Gasteiger partial charge on any atom is -0.507 e. The van der Waals surface area contributed by atoms with Crippen LogP contribution in [0.15, 0.2) is 24.4 Å². The summed E-state index contributed by atoms with van der Waals surface area (Å²) in [5.41, 5.74) is 6.12. The first kappa shape index (κ1) is 15.5. The molecule has 0 radical (unpaired) electrons. The fourth-order valence-electron chi connectivity index (χ4n) is 1.68. The van der Waals surface area contributed by atoms with Gasteiger partial charge in [0.1, 0.15) is 5.75 Å². The molecule has 0 unspecified atom stereocenters. The van der Waals surface area contributed by atoms with Gasteiger partial charge in [0.25, 0.3) is 0 Å². The maximum atomic E-state index is 13.7. The first-order chi connectivity index (χ1) is 10.0. The van der Waals surface area contributed by atoms with Crippen LogP contribution in [0.1, 0.15) is 13.3 Å². The number of phenolic OH excluding ortho intramolecular Hbond substituents is 1. The molecule has 1 heterocycles. The van der Waals surface area contributed by atoms with E-state index < -0.39 is 5.82 Å². The van der Waals surface area contributed by atoms with E-state index >= 15 is 0 Å². The molecule has 5 nitrogen and oxygen atoms in total. The highest BCUT2D eigenvalue weighted by Gasteiger charge is 2.12. The van der Waals surface area contributed by atoms with Crippen molar-refractivity contribution >= 4 is 17.4 Å². The lowest BCUT2D eigenvalue weighted by Gasteiger charge is -2.12. The molecule has 1 aromatic heterocycles. The number of benzene rings is 1. The molecule has 0 spiro atoms. The van der Waals surface area contributed by atoms with Crippen molar-refractivity contribution in [1.29, 1.82) is 0 Å². The molecule has 0 amide bonds. The van der Waals surface area contributed by atoms with Gasteiger partial charge in [-0.2, -0.15) is 0 Å². The molecular weight excluding hydrogens is 295 g/mol. The highest BCUT2D eigenvalue weighted by Crippen LogP contribution is 2.30. The van der Waals surface area contributed by atoms with Crippen molar-refractivity contribution in [3.05, 3.63) is 35.2 Å². The summed E-state index contributed by atoms with van der Waals surface area (Å²) in [6.45, 7) is 2.34. The molecule has 0 saturated heterocycles. The Hall–Kier alpha value is -1.92. The maximum absolute atomic E-state index is 13.7. The lowest BCUT2D eigenvalue weighted by atomic mass is 10.2. The number of hydrogen-bond donors (Lipinski definition) is 3. The number of rotatable bonds is 5. The van der Waals surface area contributed by atoms with Crippen molar-refractivity contribution in [2.24, 2.45) is 5.73 Å². The number of halogens is 2. The molecule has 0 fully saturated rings. The summed E-state index contributed by atoms with van der Waals surface area (Å²) in [5.74, 6) is -0.377. The maximum Gasteiger partial charge on any atom is 0.183 e. The Morgan fingerprint density at radius 2 is 2.24 bits per heavy atom. The molecule has 4 N–H and O–H groups in total. The first-order valence-electron chi connectivity index (χ1n) is 6.52. The van der Waals surface area contributed by atoms with Gasteiger partial charge in [0.05, 0.1) is 11.8 Å². The fraction of sp³-hybridized carbons (Fsp3) is 0.286. The van der Waals surface area contributed by atoms with E-state index in [1.165, 1.54) is 12.1 Å². The molecule has 2 rings (SSSR count). The Balaban J connectivity index is 2.31. The second-order valence-corrected chi connectivity index (χ2v) is 5.04. The van der Waals surface area contributed by atoms with E-state index in [1.807, 2.05) is 6.92 Å². The Bertz CT molecular complexity index is 638. The van der Waals surface area contributed by atoms with E-state index in [4.69, 9.17) is 17.3 Å². The molecule has 112 valence electrons. The van der Waals surface area contributed by atoms with Crippen molar-refractivity contribution in [2.75, 3.05) is 11.9 Å². The zero-order valence-electron chi connectivity index (χ0n) is 11.5. The van der Waals surface area contributed by atoms with Crippen molar-refractivity contribution in [3.63, 3.8) is 0 Å². The molecule has 0 aliphatic heterocycles. The predicted molar refractivity (Wildman–Crippen MR) is 80.9 cm³/mol. The number of nitrogens with two attached hydrogens (primary N) is 1. The molecule has 2 aromatic rings. The van der Waals surface area contributed by atoms with E-state index in [0.717, 1.165) is 12.6 Å². The van der Waals surface area contributed by atoms with Crippen LogP contribution in [0.5, 0.6) is 5.75 Å². The molecule has 0 saturated carbocycles. The average molecular weight is 311 g/mol. The van der Waals surface area contributed by atoms with Crippen molar-refractivity contribution < 1.29 is 9.50 Å². The van der Waals surface area contributed by atoms with Crippen LogP contribution in [0, 0.1) is 5.82 Å². The lowest BCUT2D eigenvalue weighted by Crippen LogP contribution is -2.28. The van der Waals surface area contributed by atoms with E-state index in [9.17, 15) is 9.50 Å². The zero-order valence-corrected chi connectivity index (χ0v) is 12.2. The molecule has 1 atom stereocenters. The second-order valence-electron chi connectivity index (χ2n) is 4.60. The third-order valence-electron chi connectivity index (χ3n) is 3.00. The van der Waals surface area contributed by atoms with Crippen LogP contribution in [0.4, 0.5) is 10.2 Å². The molecule has 1 aromatic carbocycles. The van der Waals surface area contributed by atoms with E-state index in [1.54, 1.807) is 6.07 Å². The quantitative estimate of drug-likeness (QED) is 0.791. The Morgan fingerprint density at radius 3 is 2.95 bits per heavy atom. The Kier molecular flexibility index (Phi) is 4.93. The predicted octanol–water partition coefficient (Wildman–Crippen LogP) is 2.79. The van der Waals surface area contributed by atoms with Crippen LogP contribution in [0.2, 0.25) is 5.02 Å². The molecule has 7 heteroatoms. The monoisotopic (exact) mass is 310 g/mol. The fourth-order valence-corrected chi connectivity index (χ4v) is 1.85. The van der Waals surface area contributed by atoms with Crippen LogP contribution < -0.4 is 11.1 Å². The van der Waals surface area contributed by atoms with Gasteiger partial charge in [-0.25, -0.2) is 14.4 Å². The summed E-state index contributed by atoms with van der Waals surface area (Å²) in [5, 5.41) is 13.1. The van der Waals surface area contributed by atoms with E-state index in [2.05, 4.69) is 15.3 Å². The van der Waals surface area contributed by atoms with Gasteiger partial charge < -0.3 is 16.2 Å². The summed E-state index contributed by atoms with van der Waals surface area (Å²) in [4.78, 5) is 7.96. The molecule has 0 bridgehead atoms. The average Bonchev–Trinajstić information content (AvgIpc) is 2.48. The minimum absolute atomic E-state index is 0.0257. The number of hydrogen-bond acceptors (Lipinski definition) is 5. The zero-order chi connectivity index (χ0) is 15.4. The summed E-state index contributed by atoms with van der Waals surface area (Å²) in [6.07, 6.45) is 1.81. The van der Waals surface area contributed by atoms with Gasteiger partial charge in [0.2, 0.25) is 0 Å². The third kappa shape index (κ3) is 3.80. The second kappa shape index (κ2) is 6.69. The SMILES string of the molecule is CC[C@H](N)CNc1nc(-c2cc(Cl)ccc2O)ncc1F. The molecular formula is C14H16ClFN4O. The van der Waals surface area contributed by atoms with Crippen molar-refractivity contribution in [1.82, 2.24) is 9.97 Å². The van der Waals surface area contributed by atoms with Gasteiger partial charge in [-0.3, -0.25) is 0 Å². The Morgan fingerprint density at radius 1 is 1.48 bits per heavy atom. The van der Waals surface area contributed by atoms with Crippen LogP contribution in [-0.2, 0) is 0 Å². The van der Waals surface area contributed by atoms with Gasteiger partial charge in [0.15, 0.2) is 17.5 Å². The highest BCUT2D eigenvalue weighted by atomic mass is 35.5. The first-order valence-corrected chi connectivity index (χ1v) is 6.90. The summed E-state index contributed by atoms with van der Waals surface area (Å²) < 4.78 is 13.7. The number of phenols is 1. The minimum atomic E-state index is -0.580. The van der Waals surface area contributed by atoms with Gasteiger partial charge >= 0.3 is 0 Å². The smallest absolute Gasteiger partial charge is 0.183 e.